The Kier molecular flexibility index (Phi) is 16.4. The van der Waals surface area contributed by atoms with Crippen LogP contribution in [0.2, 0.25) is 0 Å². The molecule has 0 aromatic heterocycles. The van der Waals surface area contributed by atoms with Crippen LogP contribution >= 0.6 is 0 Å². The summed E-state index contributed by atoms with van der Waals surface area (Å²) in [5.41, 5.74) is 5.21. The van der Waals surface area contributed by atoms with E-state index in [2.05, 4.69) is 19.7 Å². The van der Waals surface area contributed by atoms with Gasteiger partial charge in [-0.2, -0.15) is 0 Å². The van der Waals surface area contributed by atoms with Gasteiger partial charge in [-0.05, 0) is 71.2 Å². The number of methoxy groups -OCH3 is 6. The van der Waals surface area contributed by atoms with Crippen LogP contribution in [0.25, 0.3) is 0 Å². The first-order valence-corrected chi connectivity index (χ1v) is 16.2. The molecule has 9 heteroatoms. The molecule has 2 aromatic rings. The summed E-state index contributed by atoms with van der Waals surface area (Å²) >= 11 is 0. The standard InChI is InChI=1S/C41H56O9/c1-27(40(4,5)29(3)17-30(22-46-8)37(42)15-16-45-7)13-14-28(2)41(6,35-18-31(23-47-9)38(43)32(19-35)24-48-10)36-20-33(25-49-11)39(44)34(21-36)26-50-12/h13-15,17-21,42-44H,1-3,16,22-26H2,4-12H3. The molecule has 0 bridgehead atoms. The van der Waals surface area contributed by atoms with E-state index in [9.17, 15) is 15.3 Å². The van der Waals surface area contributed by atoms with Crippen LogP contribution in [0.4, 0.5) is 0 Å². The van der Waals surface area contributed by atoms with E-state index in [1.54, 1.807) is 54.8 Å². The minimum absolute atomic E-state index is 0.0557. The summed E-state index contributed by atoms with van der Waals surface area (Å²) in [4.78, 5) is 0. The van der Waals surface area contributed by atoms with Crippen LogP contribution in [0.5, 0.6) is 11.5 Å². The predicted molar refractivity (Wildman–Crippen MR) is 198 cm³/mol. The first-order valence-electron chi connectivity index (χ1n) is 16.2. The maximum atomic E-state index is 11.1. The average molecular weight is 693 g/mol. The molecule has 50 heavy (non-hydrogen) atoms. The Labute approximate surface area is 298 Å². The van der Waals surface area contributed by atoms with Crippen LogP contribution in [0.1, 0.15) is 54.2 Å². The molecule has 274 valence electrons. The third-order valence-electron chi connectivity index (χ3n) is 9.04. The maximum absolute atomic E-state index is 11.1. The molecule has 0 saturated carbocycles. The van der Waals surface area contributed by atoms with Gasteiger partial charge < -0.3 is 43.7 Å². The molecule has 0 fully saturated rings. The summed E-state index contributed by atoms with van der Waals surface area (Å²) in [5.74, 6) is 0.258. The van der Waals surface area contributed by atoms with Gasteiger partial charge in [-0.25, -0.2) is 0 Å². The van der Waals surface area contributed by atoms with Crippen molar-refractivity contribution in [3.63, 3.8) is 0 Å². The SMILES string of the molecule is C=C(C=CC(=C)C(C)(c1cc(COC)c(O)c(COC)c1)c1cc(COC)c(O)c(COC)c1)C(C)(C)C(=C)C=C(COC)C(O)=CCOC. The number of aromatic hydroxyl groups is 2. The number of hydrogen-bond acceptors (Lipinski definition) is 9. The summed E-state index contributed by atoms with van der Waals surface area (Å²) in [6, 6.07) is 7.62. The summed E-state index contributed by atoms with van der Waals surface area (Å²) < 4.78 is 32.2. The van der Waals surface area contributed by atoms with E-state index in [1.165, 1.54) is 0 Å². The van der Waals surface area contributed by atoms with E-state index >= 15 is 0 Å². The molecular formula is C41H56O9. The fourth-order valence-corrected chi connectivity index (χ4v) is 5.51. The molecule has 3 N–H and O–H groups in total. The normalized spacial score (nSPS) is 12.9. The highest BCUT2D eigenvalue weighted by molar-refractivity contribution is 5.58. The molecule has 9 nitrogen and oxygen atoms in total. The van der Waals surface area contributed by atoms with E-state index in [-0.39, 0.29) is 56.9 Å². The van der Waals surface area contributed by atoms with Gasteiger partial charge in [0.25, 0.3) is 0 Å². The average Bonchev–Trinajstić information content (AvgIpc) is 3.08. The van der Waals surface area contributed by atoms with Gasteiger partial charge in [0.2, 0.25) is 0 Å². The number of phenolic OH excluding ortho intramolecular Hbond substituents is 2. The fourth-order valence-electron chi connectivity index (χ4n) is 5.51. The van der Waals surface area contributed by atoms with Crippen molar-refractivity contribution in [1.29, 1.82) is 0 Å². The topological polar surface area (TPSA) is 116 Å². The molecule has 0 spiro atoms. The summed E-state index contributed by atoms with van der Waals surface area (Å²) in [5, 5.41) is 32.8. The van der Waals surface area contributed by atoms with Gasteiger partial charge in [-0.1, -0.05) is 45.7 Å². The minimum Gasteiger partial charge on any atom is -0.508 e. The number of phenols is 2. The van der Waals surface area contributed by atoms with Crippen molar-refractivity contribution in [3.8, 4) is 11.5 Å². The Bertz CT molecular complexity index is 1470. The molecule has 0 amide bonds. The number of benzene rings is 2. The Morgan fingerprint density at radius 1 is 0.620 bits per heavy atom. The molecular weight excluding hydrogens is 636 g/mol. The second-order valence-corrected chi connectivity index (χ2v) is 12.8. The van der Waals surface area contributed by atoms with E-state index in [1.807, 2.05) is 57.2 Å². The summed E-state index contributed by atoms with van der Waals surface area (Å²) in [7, 11) is 9.40. The van der Waals surface area contributed by atoms with Crippen molar-refractivity contribution in [2.24, 2.45) is 5.41 Å². The zero-order valence-corrected chi connectivity index (χ0v) is 31.3. The second kappa shape index (κ2) is 19.4. The Morgan fingerprint density at radius 2 is 1.02 bits per heavy atom. The monoisotopic (exact) mass is 692 g/mol. The van der Waals surface area contributed by atoms with E-state index < -0.39 is 10.8 Å². The van der Waals surface area contributed by atoms with Crippen LogP contribution in [-0.4, -0.2) is 71.2 Å². The van der Waals surface area contributed by atoms with Crippen LogP contribution < -0.4 is 0 Å². The van der Waals surface area contributed by atoms with Gasteiger partial charge in [0.15, 0.2) is 0 Å². The molecule has 2 rings (SSSR count). The van der Waals surface area contributed by atoms with E-state index in [0.29, 0.717) is 39.0 Å². The van der Waals surface area contributed by atoms with Crippen molar-refractivity contribution in [2.75, 3.05) is 55.9 Å². The summed E-state index contributed by atoms with van der Waals surface area (Å²) in [6.45, 7) is 20.5. The number of hydrogen-bond donors (Lipinski definition) is 3. The minimum atomic E-state index is -0.904. The fraction of sp³-hybridized carbons (Fsp3) is 0.415. The number of aliphatic hydroxyl groups excluding tert-OH is 1. The molecule has 0 radical (unpaired) electrons. The smallest absolute Gasteiger partial charge is 0.126 e. The quantitative estimate of drug-likeness (QED) is 0.0887. The molecule has 0 aliphatic rings. The zero-order valence-electron chi connectivity index (χ0n) is 31.3. The molecule has 0 aliphatic carbocycles. The molecule has 0 aliphatic heterocycles. The van der Waals surface area contributed by atoms with Crippen LogP contribution in [-0.2, 0) is 60.3 Å². The van der Waals surface area contributed by atoms with Crippen molar-refractivity contribution < 1.29 is 43.7 Å². The lowest BCUT2D eigenvalue weighted by Gasteiger charge is -2.35. The largest absolute Gasteiger partial charge is 0.508 e. The van der Waals surface area contributed by atoms with Gasteiger partial charge in [-0.3, -0.25) is 0 Å². The highest BCUT2D eigenvalue weighted by atomic mass is 16.5. The van der Waals surface area contributed by atoms with Crippen molar-refractivity contribution in [3.05, 3.63) is 130 Å². The zero-order chi connectivity index (χ0) is 37.6. The predicted octanol–water partition coefficient (Wildman–Crippen LogP) is 7.90. The Morgan fingerprint density at radius 3 is 1.38 bits per heavy atom. The molecule has 0 unspecified atom stereocenters. The number of rotatable bonds is 21. The lowest BCUT2D eigenvalue weighted by atomic mass is 9.69. The molecule has 0 saturated heterocycles. The third-order valence-corrected chi connectivity index (χ3v) is 9.04. The van der Waals surface area contributed by atoms with Crippen LogP contribution in [0, 0.1) is 5.41 Å². The lowest BCUT2D eigenvalue weighted by molar-refractivity contribution is 0.174. The van der Waals surface area contributed by atoms with E-state index in [0.717, 1.165) is 16.7 Å². The van der Waals surface area contributed by atoms with Gasteiger partial charge in [-0.15, -0.1) is 0 Å². The number of aliphatic hydroxyl groups is 1. The van der Waals surface area contributed by atoms with Crippen molar-refractivity contribution in [1.82, 2.24) is 0 Å². The second-order valence-electron chi connectivity index (χ2n) is 12.8. The Balaban J connectivity index is 2.79. The summed E-state index contributed by atoms with van der Waals surface area (Å²) in [6.07, 6.45) is 7.21. The van der Waals surface area contributed by atoms with E-state index in [4.69, 9.17) is 28.4 Å². The van der Waals surface area contributed by atoms with Gasteiger partial charge in [0.05, 0.1) is 39.6 Å². The van der Waals surface area contributed by atoms with Crippen LogP contribution in [0.15, 0.2) is 96.4 Å². The highest BCUT2D eigenvalue weighted by Crippen LogP contribution is 2.45. The first kappa shape index (κ1) is 42.2. The van der Waals surface area contributed by atoms with Crippen LogP contribution in [0.3, 0.4) is 0 Å². The van der Waals surface area contributed by atoms with Gasteiger partial charge in [0, 0.05) is 81.3 Å². The Hall–Kier alpha value is -3.96. The van der Waals surface area contributed by atoms with Crippen molar-refractivity contribution in [2.45, 2.75) is 52.6 Å². The molecule has 0 atom stereocenters. The van der Waals surface area contributed by atoms with Crippen molar-refractivity contribution >= 4 is 0 Å². The number of allylic oxidation sites excluding steroid dienone is 6. The van der Waals surface area contributed by atoms with Gasteiger partial charge >= 0.3 is 0 Å². The molecule has 0 heterocycles. The van der Waals surface area contributed by atoms with Gasteiger partial charge in [0.1, 0.15) is 17.3 Å². The first-order chi connectivity index (χ1) is 23.7. The number of ether oxygens (including phenoxy) is 6. The highest BCUT2D eigenvalue weighted by Gasteiger charge is 2.34. The molecule has 2 aromatic carbocycles. The third kappa shape index (κ3) is 10.1. The lowest BCUT2D eigenvalue weighted by Crippen LogP contribution is -2.27. The maximum Gasteiger partial charge on any atom is 0.126 e.